The predicted molar refractivity (Wildman–Crippen MR) is 90.3 cm³/mol. The van der Waals surface area contributed by atoms with Crippen LogP contribution in [0.2, 0.25) is 0 Å². The Balaban J connectivity index is 2.11. The third-order valence-corrected chi connectivity index (χ3v) is 4.60. The lowest BCUT2D eigenvalue weighted by molar-refractivity contribution is -0.0503. The molecule has 4 nitrogen and oxygen atoms in total. The zero-order chi connectivity index (χ0) is 18.2. The Labute approximate surface area is 150 Å². The predicted octanol–water partition coefficient (Wildman–Crippen LogP) is 4.09. The van der Waals surface area contributed by atoms with E-state index in [0.29, 0.717) is 16.7 Å². The molecular formula is C17H14BrF3N2O2. The lowest BCUT2D eigenvalue weighted by Gasteiger charge is -2.26. The molecule has 2 aromatic carbocycles. The van der Waals surface area contributed by atoms with E-state index in [-0.39, 0.29) is 22.9 Å². The summed E-state index contributed by atoms with van der Waals surface area (Å²) in [5, 5.41) is 0. The molecule has 0 spiro atoms. The number of rotatable bonds is 4. The highest BCUT2D eigenvalue weighted by Gasteiger charge is 2.40. The van der Waals surface area contributed by atoms with Crippen molar-refractivity contribution in [2.75, 3.05) is 6.61 Å². The standard InChI is InChI=1S/C17H14BrF3N2O2/c1-9-6-10(3-5-14(9)25-15(20)21)17(8-24-16(22)23-17)11-2-4-13(19)12(18)7-11/h2-7,15H,8H2,1H3,(H2,22,23)/t17-/m0/s1. The van der Waals surface area contributed by atoms with Crippen LogP contribution in [0.15, 0.2) is 45.9 Å². The van der Waals surface area contributed by atoms with Crippen LogP contribution >= 0.6 is 15.9 Å². The van der Waals surface area contributed by atoms with Crippen LogP contribution in [-0.4, -0.2) is 19.2 Å². The Hall–Kier alpha value is -2.22. The fraction of sp³-hybridized carbons (Fsp3) is 0.235. The van der Waals surface area contributed by atoms with Crippen LogP contribution in [0.25, 0.3) is 0 Å². The van der Waals surface area contributed by atoms with Gasteiger partial charge in [-0.2, -0.15) is 8.78 Å². The quantitative estimate of drug-likeness (QED) is 0.819. The maximum Gasteiger partial charge on any atom is 0.387 e. The van der Waals surface area contributed by atoms with Crippen molar-refractivity contribution in [3.63, 3.8) is 0 Å². The summed E-state index contributed by atoms with van der Waals surface area (Å²) in [6.45, 7) is -1.14. The number of amidine groups is 1. The van der Waals surface area contributed by atoms with Gasteiger partial charge in [0.2, 0.25) is 0 Å². The van der Waals surface area contributed by atoms with E-state index in [2.05, 4.69) is 25.7 Å². The van der Waals surface area contributed by atoms with Gasteiger partial charge >= 0.3 is 6.61 Å². The molecule has 0 aromatic heterocycles. The highest BCUT2D eigenvalue weighted by Crippen LogP contribution is 2.40. The maximum atomic E-state index is 13.6. The molecule has 2 N–H and O–H groups in total. The number of benzene rings is 2. The summed E-state index contributed by atoms with van der Waals surface area (Å²) in [6.07, 6.45) is 0. The Morgan fingerprint density at radius 1 is 1.24 bits per heavy atom. The van der Waals surface area contributed by atoms with Gasteiger partial charge in [0.1, 0.15) is 18.2 Å². The minimum atomic E-state index is -2.91. The highest BCUT2D eigenvalue weighted by molar-refractivity contribution is 9.10. The Kier molecular flexibility index (Phi) is 4.64. The first kappa shape index (κ1) is 17.6. The molecule has 25 heavy (non-hydrogen) atoms. The number of ether oxygens (including phenoxy) is 2. The van der Waals surface area contributed by atoms with E-state index in [1.165, 1.54) is 12.1 Å². The molecule has 3 rings (SSSR count). The van der Waals surface area contributed by atoms with Crippen LogP contribution in [0.3, 0.4) is 0 Å². The first-order valence-electron chi connectivity index (χ1n) is 7.31. The molecule has 0 fully saturated rings. The topological polar surface area (TPSA) is 56.8 Å². The Morgan fingerprint density at radius 3 is 2.48 bits per heavy atom. The zero-order valence-electron chi connectivity index (χ0n) is 13.1. The summed E-state index contributed by atoms with van der Waals surface area (Å²) in [6, 6.07) is 9.25. The lowest BCUT2D eigenvalue weighted by Crippen LogP contribution is -2.27. The van der Waals surface area contributed by atoms with Crippen LogP contribution in [0.5, 0.6) is 5.75 Å². The van der Waals surface area contributed by atoms with Gasteiger partial charge in [0.05, 0.1) is 4.47 Å². The summed E-state index contributed by atoms with van der Waals surface area (Å²) in [4.78, 5) is 4.40. The molecule has 0 bridgehead atoms. The summed E-state index contributed by atoms with van der Waals surface area (Å²) in [5.41, 5.74) is 6.55. The van der Waals surface area contributed by atoms with Gasteiger partial charge in [-0.3, -0.25) is 0 Å². The lowest BCUT2D eigenvalue weighted by atomic mass is 9.83. The number of nitrogens with zero attached hydrogens (tertiary/aromatic N) is 1. The number of aliphatic imine (C=N–C) groups is 1. The van der Waals surface area contributed by atoms with Crippen LogP contribution in [0.1, 0.15) is 16.7 Å². The summed E-state index contributed by atoms with van der Waals surface area (Å²) >= 11 is 3.16. The summed E-state index contributed by atoms with van der Waals surface area (Å²) in [7, 11) is 0. The minimum absolute atomic E-state index is 0.00556. The maximum absolute atomic E-state index is 13.6. The number of hydrogen-bond donors (Lipinski definition) is 1. The van der Waals surface area contributed by atoms with Crippen LogP contribution in [-0.2, 0) is 10.3 Å². The molecule has 8 heteroatoms. The van der Waals surface area contributed by atoms with Gasteiger partial charge < -0.3 is 15.2 Å². The van der Waals surface area contributed by atoms with Gasteiger partial charge in [-0.25, -0.2) is 9.38 Å². The van der Waals surface area contributed by atoms with E-state index in [0.717, 1.165) is 0 Å². The average molecular weight is 415 g/mol. The molecule has 1 aliphatic rings. The van der Waals surface area contributed by atoms with Crippen LogP contribution < -0.4 is 10.5 Å². The van der Waals surface area contributed by atoms with Crippen molar-refractivity contribution in [1.29, 1.82) is 0 Å². The fourth-order valence-electron chi connectivity index (χ4n) is 2.78. The monoisotopic (exact) mass is 414 g/mol. The average Bonchev–Trinajstić information content (AvgIpc) is 2.95. The van der Waals surface area contributed by atoms with E-state index < -0.39 is 18.0 Å². The summed E-state index contributed by atoms with van der Waals surface area (Å²) in [5.74, 6) is -0.336. The smallest absolute Gasteiger partial charge is 0.387 e. The number of halogens is 4. The van der Waals surface area contributed by atoms with E-state index in [9.17, 15) is 13.2 Å². The van der Waals surface area contributed by atoms with Gasteiger partial charge in [0, 0.05) is 0 Å². The van der Waals surface area contributed by atoms with E-state index in [1.54, 1.807) is 31.2 Å². The number of hydrogen-bond acceptors (Lipinski definition) is 4. The van der Waals surface area contributed by atoms with Gasteiger partial charge in [0.25, 0.3) is 6.02 Å². The van der Waals surface area contributed by atoms with Crippen molar-refractivity contribution in [2.45, 2.75) is 19.1 Å². The number of aryl methyl sites for hydroxylation is 1. The van der Waals surface area contributed by atoms with E-state index >= 15 is 0 Å². The van der Waals surface area contributed by atoms with Crippen LogP contribution in [0.4, 0.5) is 13.2 Å². The molecule has 0 amide bonds. The molecule has 0 aliphatic carbocycles. The van der Waals surface area contributed by atoms with Gasteiger partial charge in [-0.1, -0.05) is 12.1 Å². The molecule has 1 heterocycles. The largest absolute Gasteiger partial charge is 0.462 e. The third-order valence-electron chi connectivity index (χ3n) is 4.00. The molecule has 132 valence electrons. The zero-order valence-corrected chi connectivity index (χ0v) is 14.7. The second kappa shape index (κ2) is 6.59. The van der Waals surface area contributed by atoms with E-state index in [1.807, 2.05) is 0 Å². The molecule has 1 atom stereocenters. The molecule has 0 saturated heterocycles. The number of nitrogens with two attached hydrogens (primary N) is 1. The van der Waals surface area contributed by atoms with Crippen LogP contribution in [0, 0.1) is 12.7 Å². The molecule has 0 unspecified atom stereocenters. The van der Waals surface area contributed by atoms with Crippen molar-refractivity contribution in [2.24, 2.45) is 10.7 Å². The summed E-state index contributed by atoms with van der Waals surface area (Å²) < 4.78 is 48.6. The van der Waals surface area contributed by atoms with E-state index in [4.69, 9.17) is 10.5 Å². The number of alkyl halides is 2. The molecule has 0 radical (unpaired) electrons. The third kappa shape index (κ3) is 3.30. The SMILES string of the molecule is Cc1cc([C@]2(c3ccc(F)c(Br)c3)COC(N)=N2)ccc1OC(F)F. The van der Waals surface area contributed by atoms with Gasteiger partial charge in [-0.05, 0) is 63.8 Å². The first-order chi connectivity index (χ1) is 11.8. The Morgan fingerprint density at radius 2 is 1.92 bits per heavy atom. The van der Waals surface area contributed by atoms with Crippen molar-refractivity contribution < 1.29 is 22.6 Å². The second-order valence-corrected chi connectivity index (χ2v) is 6.44. The van der Waals surface area contributed by atoms with Crippen molar-refractivity contribution in [3.05, 3.63) is 63.4 Å². The minimum Gasteiger partial charge on any atom is -0.462 e. The van der Waals surface area contributed by atoms with Gasteiger partial charge in [0.15, 0.2) is 5.54 Å². The fourth-order valence-corrected chi connectivity index (χ4v) is 3.16. The molecular weight excluding hydrogens is 401 g/mol. The highest BCUT2D eigenvalue weighted by atomic mass is 79.9. The Bertz CT molecular complexity index is 845. The normalized spacial score (nSPS) is 19.7. The van der Waals surface area contributed by atoms with Crippen molar-refractivity contribution in [3.8, 4) is 5.75 Å². The molecule has 0 saturated carbocycles. The van der Waals surface area contributed by atoms with Gasteiger partial charge in [-0.15, -0.1) is 0 Å². The molecule has 1 aliphatic heterocycles. The second-order valence-electron chi connectivity index (χ2n) is 5.59. The van der Waals surface area contributed by atoms with Crippen molar-refractivity contribution in [1.82, 2.24) is 0 Å². The first-order valence-corrected chi connectivity index (χ1v) is 8.11. The van der Waals surface area contributed by atoms with Crippen molar-refractivity contribution >= 4 is 22.0 Å². The molecule has 2 aromatic rings.